The Bertz CT molecular complexity index is 546. The molecule has 1 unspecified atom stereocenters. The molecule has 106 valence electrons. The number of nitriles is 1. The summed E-state index contributed by atoms with van der Waals surface area (Å²) in [6.07, 6.45) is 0.422. The number of ether oxygens (including phenoxy) is 1. The van der Waals surface area contributed by atoms with E-state index in [2.05, 4.69) is 5.32 Å². The van der Waals surface area contributed by atoms with E-state index in [0.717, 1.165) is 18.9 Å². The van der Waals surface area contributed by atoms with E-state index in [1.165, 1.54) is 12.1 Å². The Kier molecular flexibility index (Phi) is 4.18. The predicted octanol–water partition coefficient (Wildman–Crippen LogP) is 3.68. The Morgan fingerprint density at radius 3 is 2.80 bits per heavy atom. The summed E-state index contributed by atoms with van der Waals surface area (Å²) >= 11 is 0. The van der Waals surface area contributed by atoms with Crippen molar-refractivity contribution in [3.8, 4) is 6.07 Å². The second-order valence-electron chi connectivity index (χ2n) is 4.46. The maximum Gasteiger partial charge on any atom is 0.418 e. The van der Waals surface area contributed by atoms with E-state index in [0.29, 0.717) is 6.54 Å². The summed E-state index contributed by atoms with van der Waals surface area (Å²) in [7, 11) is 0. The molecular weight excluding hydrogens is 269 g/mol. The normalized spacial score (nSPS) is 18.2. The van der Waals surface area contributed by atoms with E-state index in [9.17, 15) is 13.2 Å². The molecule has 0 aromatic heterocycles. The van der Waals surface area contributed by atoms with Crippen LogP contribution in [0.4, 0.5) is 18.9 Å². The van der Waals surface area contributed by atoms with Crippen molar-refractivity contribution in [2.75, 3.05) is 11.9 Å². The fraction of sp³-hybridized carbons (Fsp3) is 0.357. The van der Waals surface area contributed by atoms with E-state index in [1.807, 2.05) is 6.08 Å². The molecule has 20 heavy (non-hydrogen) atoms. The molecule has 1 N–H and O–H groups in total. The predicted molar refractivity (Wildman–Crippen MR) is 67.9 cm³/mol. The van der Waals surface area contributed by atoms with Crippen molar-refractivity contribution in [1.82, 2.24) is 0 Å². The topological polar surface area (TPSA) is 45.0 Å². The van der Waals surface area contributed by atoms with Gasteiger partial charge in [0.2, 0.25) is 0 Å². The van der Waals surface area contributed by atoms with Crippen molar-refractivity contribution < 1.29 is 17.9 Å². The number of nitrogens with zero attached hydrogens (tertiary/aromatic N) is 1. The first-order chi connectivity index (χ1) is 9.50. The monoisotopic (exact) mass is 282 g/mol. The summed E-state index contributed by atoms with van der Waals surface area (Å²) in [5.74, 6) is 0. The summed E-state index contributed by atoms with van der Waals surface area (Å²) in [5, 5.41) is 11.4. The number of allylic oxidation sites excluding steroid dienone is 1. The van der Waals surface area contributed by atoms with Gasteiger partial charge in [-0.05, 0) is 37.1 Å². The first kappa shape index (κ1) is 14.3. The van der Waals surface area contributed by atoms with Gasteiger partial charge in [-0.25, -0.2) is 0 Å². The van der Waals surface area contributed by atoms with E-state index < -0.39 is 11.7 Å². The minimum atomic E-state index is -4.50. The highest BCUT2D eigenvalue weighted by molar-refractivity contribution is 5.56. The van der Waals surface area contributed by atoms with Gasteiger partial charge in [0, 0.05) is 5.69 Å². The zero-order chi connectivity index (χ0) is 14.6. The average molecular weight is 282 g/mol. The third kappa shape index (κ3) is 3.44. The van der Waals surface area contributed by atoms with Crippen LogP contribution in [0.5, 0.6) is 0 Å². The van der Waals surface area contributed by atoms with E-state index in [-0.39, 0.29) is 17.4 Å². The van der Waals surface area contributed by atoms with Crippen LogP contribution >= 0.6 is 0 Å². The van der Waals surface area contributed by atoms with Crippen LogP contribution in [0.15, 0.2) is 30.5 Å². The van der Waals surface area contributed by atoms with Crippen molar-refractivity contribution in [3.63, 3.8) is 0 Å². The van der Waals surface area contributed by atoms with Gasteiger partial charge in [-0.3, -0.25) is 0 Å². The quantitative estimate of drug-likeness (QED) is 0.919. The Balaban J connectivity index is 2.14. The van der Waals surface area contributed by atoms with Crippen molar-refractivity contribution in [3.05, 3.63) is 41.7 Å². The maximum absolute atomic E-state index is 12.9. The summed E-state index contributed by atoms with van der Waals surface area (Å²) in [6, 6.07) is 5.20. The molecule has 0 fully saturated rings. The van der Waals surface area contributed by atoms with Gasteiger partial charge in [0.25, 0.3) is 0 Å². The summed E-state index contributed by atoms with van der Waals surface area (Å²) < 4.78 is 44.1. The van der Waals surface area contributed by atoms with Crippen molar-refractivity contribution >= 4 is 5.69 Å². The van der Waals surface area contributed by atoms with E-state index in [1.54, 1.807) is 12.3 Å². The van der Waals surface area contributed by atoms with Crippen LogP contribution in [-0.4, -0.2) is 12.6 Å². The molecule has 1 aliphatic heterocycles. The van der Waals surface area contributed by atoms with E-state index >= 15 is 0 Å². The Hall–Kier alpha value is -2.16. The molecule has 1 atom stereocenters. The lowest BCUT2D eigenvalue weighted by atomic mass is 10.1. The smallest absolute Gasteiger partial charge is 0.418 e. The molecule has 6 heteroatoms. The third-order valence-corrected chi connectivity index (χ3v) is 3.00. The standard InChI is InChI=1S/C14H13F3N2O/c15-14(16,17)12-7-10(8-18)4-5-13(12)19-9-11-3-1-2-6-20-11/h2,4-7,11,19H,1,3,9H2. The Morgan fingerprint density at radius 1 is 1.40 bits per heavy atom. The van der Waals surface area contributed by atoms with Crippen LogP contribution in [0.25, 0.3) is 0 Å². The number of hydrogen-bond donors (Lipinski definition) is 1. The van der Waals surface area contributed by atoms with Crippen LogP contribution < -0.4 is 5.32 Å². The molecule has 0 spiro atoms. The lowest BCUT2D eigenvalue weighted by Gasteiger charge is -2.21. The number of anilines is 1. The van der Waals surface area contributed by atoms with Crippen LogP contribution in [0, 0.1) is 11.3 Å². The number of halogens is 3. The van der Waals surface area contributed by atoms with Crippen molar-refractivity contribution in [1.29, 1.82) is 5.26 Å². The molecule has 1 aromatic carbocycles. The fourth-order valence-electron chi connectivity index (χ4n) is 1.96. The zero-order valence-corrected chi connectivity index (χ0v) is 10.6. The van der Waals surface area contributed by atoms with Gasteiger partial charge in [0.15, 0.2) is 0 Å². The second kappa shape index (κ2) is 5.87. The van der Waals surface area contributed by atoms with Crippen LogP contribution in [-0.2, 0) is 10.9 Å². The van der Waals surface area contributed by atoms with Crippen LogP contribution in [0.3, 0.4) is 0 Å². The van der Waals surface area contributed by atoms with Gasteiger partial charge < -0.3 is 10.1 Å². The molecule has 0 radical (unpaired) electrons. The number of alkyl halides is 3. The van der Waals surface area contributed by atoms with Crippen molar-refractivity contribution in [2.24, 2.45) is 0 Å². The molecule has 0 saturated carbocycles. The number of rotatable bonds is 3. The number of hydrogen-bond acceptors (Lipinski definition) is 3. The molecule has 1 aliphatic rings. The molecular formula is C14H13F3N2O. The maximum atomic E-state index is 12.9. The highest BCUT2D eigenvalue weighted by Crippen LogP contribution is 2.35. The van der Waals surface area contributed by atoms with E-state index in [4.69, 9.17) is 10.00 Å². The fourth-order valence-corrected chi connectivity index (χ4v) is 1.96. The largest absolute Gasteiger partial charge is 0.497 e. The zero-order valence-electron chi connectivity index (χ0n) is 10.6. The lowest BCUT2D eigenvalue weighted by molar-refractivity contribution is -0.137. The first-order valence-electron chi connectivity index (χ1n) is 6.16. The molecule has 2 rings (SSSR count). The van der Waals surface area contributed by atoms with Crippen molar-refractivity contribution in [2.45, 2.75) is 25.1 Å². The van der Waals surface area contributed by atoms with Gasteiger partial charge >= 0.3 is 6.18 Å². The Morgan fingerprint density at radius 2 is 2.20 bits per heavy atom. The van der Waals surface area contributed by atoms with Gasteiger partial charge in [0.05, 0.1) is 30.0 Å². The lowest BCUT2D eigenvalue weighted by Crippen LogP contribution is -2.24. The minimum absolute atomic E-state index is 0.0141. The highest BCUT2D eigenvalue weighted by Gasteiger charge is 2.34. The Labute approximate surface area is 114 Å². The van der Waals surface area contributed by atoms with Gasteiger partial charge in [-0.15, -0.1) is 0 Å². The van der Waals surface area contributed by atoms with Gasteiger partial charge in [-0.1, -0.05) is 0 Å². The molecule has 0 amide bonds. The summed E-state index contributed by atoms with van der Waals surface area (Å²) in [4.78, 5) is 0. The molecule has 3 nitrogen and oxygen atoms in total. The average Bonchev–Trinajstić information content (AvgIpc) is 2.45. The minimum Gasteiger partial charge on any atom is -0.497 e. The molecule has 0 saturated heterocycles. The molecule has 1 aromatic rings. The highest BCUT2D eigenvalue weighted by atomic mass is 19.4. The third-order valence-electron chi connectivity index (χ3n) is 3.00. The van der Waals surface area contributed by atoms with Gasteiger partial charge in [-0.2, -0.15) is 18.4 Å². The second-order valence-corrected chi connectivity index (χ2v) is 4.46. The molecule has 0 bridgehead atoms. The van der Waals surface area contributed by atoms with Gasteiger partial charge in [0.1, 0.15) is 6.10 Å². The van der Waals surface area contributed by atoms with Crippen LogP contribution in [0.2, 0.25) is 0 Å². The van der Waals surface area contributed by atoms with Crippen LogP contribution in [0.1, 0.15) is 24.0 Å². The SMILES string of the molecule is N#Cc1ccc(NCC2CCC=CO2)c(C(F)(F)F)c1. The summed E-state index contributed by atoms with van der Waals surface area (Å²) in [6.45, 7) is 0.291. The molecule has 0 aliphatic carbocycles. The first-order valence-corrected chi connectivity index (χ1v) is 6.16. The molecule has 1 heterocycles. The number of benzene rings is 1. The number of nitrogens with one attached hydrogen (secondary N) is 1. The summed E-state index contributed by atoms with van der Waals surface area (Å²) in [5.41, 5.74) is -0.878.